The molecule has 0 saturated carbocycles. The minimum atomic E-state index is -2.06. The first kappa shape index (κ1) is 25.1. The van der Waals surface area contributed by atoms with Crippen LogP contribution < -0.4 is 0 Å². The first-order valence-electron chi connectivity index (χ1n) is 6.45. The molecule has 0 aromatic carbocycles. The number of rotatable bonds is 9. The van der Waals surface area contributed by atoms with Crippen molar-refractivity contribution in [3.8, 4) is 0 Å². The summed E-state index contributed by atoms with van der Waals surface area (Å²) in [5, 5.41) is 58.4. The number of esters is 2. The number of hydrogen-bond acceptors (Lipinski definition) is 10. The Labute approximate surface area is 143 Å². The molecule has 0 radical (unpaired) electrons. The van der Waals surface area contributed by atoms with Gasteiger partial charge in [0.1, 0.15) is 0 Å². The summed E-state index contributed by atoms with van der Waals surface area (Å²) in [6, 6.07) is 0. The molecule has 148 valence electrons. The van der Waals surface area contributed by atoms with E-state index in [9.17, 15) is 28.8 Å². The molecule has 0 saturated heterocycles. The lowest BCUT2D eigenvalue weighted by Crippen LogP contribution is -2.33. The van der Waals surface area contributed by atoms with Gasteiger partial charge in [0.05, 0.1) is 19.3 Å². The van der Waals surface area contributed by atoms with E-state index in [4.69, 9.17) is 35.7 Å². The highest BCUT2D eigenvalue weighted by Crippen LogP contribution is 2.00. The smallest absolute Gasteiger partial charge is 0.343 e. The summed E-state index contributed by atoms with van der Waals surface area (Å²) in [5.41, 5.74) is 0. The van der Waals surface area contributed by atoms with E-state index in [1.807, 2.05) is 0 Å². The fourth-order valence-corrected chi connectivity index (χ4v) is 0.985. The maximum absolute atomic E-state index is 10.9. The van der Waals surface area contributed by atoms with Gasteiger partial charge in [-0.2, -0.15) is 0 Å². The van der Waals surface area contributed by atoms with Gasteiger partial charge in [0.25, 0.3) is 0 Å². The Balaban J connectivity index is 0. The van der Waals surface area contributed by atoms with E-state index in [0.717, 1.165) is 0 Å². The van der Waals surface area contributed by atoms with Crippen LogP contribution in [0.25, 0.3) is 0 Å². The number of hydrogen-bond donors (Lipinski definition) is 7. The number of ether oxygens (including phenoxy) is 1. The van der Waals surface area contributed by atoms with Crippen LogP contribution in [0.3, 0.4) is 0 Å². The summed E-state index contributed by atoms with van der Waals surface area (Å²) in [6.45, 7) is 0. The third-order valence-electron chi connectivity index (χ3n) is 2.13. The molecule has 0 rings (SSSR count). The molecule has 0 aromatic rings. The van der Waals surface area contributed by atoms with Crippen molar-refractivity contribution in [1.29, 1.82) is 0 Å². The van der Waals surface area contributed by atoms with Crippen LogP contribution in [0.15, 0.2) is 0 Å². The lowest BCUT2D eigenvalue weighted by molar-refractivity contribution is -0.174. The minimum absolute atomic E-state index is 0.755. The largest absolute Gasteiger partial charge is 0.481 e. The molecule has 3 atom stereocenters. The minimum Gasteiger partial charge on any atom is -0.481 e. The van der Waals surface area contributed by atoms with Crippen LogP contribution in [0, 0.1) is 0 Å². The lowest BCUT2D eigenvalue weighted by Gasteiger charge is -2.09. The van der Waals surface area contributed by atoms with Crippen LogP contribution in [0.5, 0.6) is 0 Å². The van der Waals surface area contributed by atoms with Crippen molar-refractivity contribution in [3.05, 3.63) is 0 Å². The van der Waals surface area contributed by atoms with Gasteiger partial charge in [0, 0.05) is 0 Å². The zero-order valence-electron chi connectivity index (χ0n) is 12.8. The fraction of sp³-hybridized carbons (Fsp3) is 0.500. The van der Waals surface area contributed by atoms with Crippen molar-refractivity contribution in [2.24, 2.45) is 0 Å². The van der Waals surface area contributed by atoms with Crippen LogP contribution in [0.2, 0.25) is 0 Å². The van der Waals surface area contributed by atoms with E-state index >= 15 is 0 Å². The topological polar surface area (TPSA) is 253 Å². The van der Waals surface area contributed by atoms with Crippen LogP contribution in [-0.2, 0) is 33.5 Å². The van der Waals surface area contributed by atoms with Gasteiger partial charge in [-0.05, 0) is 0 Å². The third kappa shape index (κ3) is 13.3. The first-order chi connectivity index (χ1) is 11.8. The molecule has 7 N–H and O–H groups in total. The normalized spacial score (nSPS) is 13.2. The van der Waals surface area contributed by atoms with Crippen LogP contribution in [0.4, 0.5) is 0 Å². The Morgan fingerprint density at radius 2 is 0.846 bits per heavy atom. The highest BCUT2D eigenvalue weighted by atomic mass is 16.6. The monoisotopic (exact) mass is 384 g/mol. The van der Waals surface area contributed by atoms with Crippen molar-refractivity contribution >= 4 is 35.8 Å². The van der Waals surface area contributed by atoms with Crippen molar-refractivity contribution in [2.45, 2.75) is 37.6 Å². The first-order valence-corrected chi connectivity index (χ1v) is 6.45. The molecule has 0 heterocycles. The van der Waals surface area contributed by atoms with Gasteiger partial charge in [-0.1, -0.05) is 0 Å². The van der Waals surface area contributed by atoms with Crippen LogP contribution in [0.1, 0.15) is 19.3 Å². The van der Waals surface area contributed by atoms with E-state index in [1.54, 1.807) is 0 Å². The van der Waals surface area contributed by atoms with Gasteiger partial charge in [-0.25, -0.2) is 14.4 Å². The average Bonchev–Trinajstić information content (AvgIpc) is 2.45. The lowest BCUT2D eigenvalue weighted by atomic mass is 10.2. The highest BCUT2D eigenvalue weighted by Gasteiger charge is 2.27. The summed E-state index contributed by atoms with van der Waals surface area (Å²) in [5.74, 6) is -8.97. The predicted octanol–water partition coefficient (Wildman–Crippen LogP) is -3.37. The van der Waals surface area contributed by atoms with Gasteiger partial charge < -0.3 is 40.5 Å². The average molecular weight is 384 g/mol. The van der Waals surface area contributed by atoms with Crippen molar-refractivity contribution < 1.29 is 69.2 Å². The molecule has 3 unspecified atom stereocenters. The Hall–Kier alpha value is -3.10. The maximum Gasteiger partial charge on any atom is 0.343 e. The van der Waals surface area contributed by atoms with E-state index in [2.05, 4.69) is 4.74 Å². The molecule has 0 aliphatic heterocycles. The molecule has 0 spiro atoms. The zero-order valence-corrected chi connectivity index (χ0v) is 12.8. The van der Waals surface area contributed by atoms with E-state index < -0.39 is 73.4 Å². The maximum atomic E-state index is 10.9. The molecule has 0 fully saturated rings. The molecular weight excluding hydrogens is 368 g/mol. The van der Waals surface area contributed by atoms with Crippen molar-refractivity contribution in [2.75, 3.05) is 0 Å². The standard InChI is InChI=1S/C8H10O9.C4H6O5/c9-3(1-5(11)12)7(15)17-8(16)4(10)2-6(13)14;5-2(4(8)9)1-3(6)7/h3-4,9-10H,1-2H2,(H,11,12)(H,13,14);2,5H,1H2,(H,6,7)(H,8,9). The summed E-state index contributed by atoms with van der Waals surface area (Å²) >= 11 is 0. The molecule has 0 aromatic heterocycles. The molecule has 14 nitrogen and oxygen atoms in total. The predicted molar refractivity (Wildman–Crippen MR) is 73.5 cm³/mol. The van der Waals surface area contributed by atoms with Crippen molar-refractivity contribution in [1.82, 2.24) is 0 Å². The van der Waals surface area contributed by atoms with Gasteiger partial charge in [0.15, 0.2) is 18.3 Å². The molecule has 0 amide bonds. The van der Waals surface area contributed by atoms with E-state index in [-0.39, 0.29) is 0 Å². The second kappa shape index (κ2) is 12.3. The molecule has 26 heavy (non-hydrogen) atoms. The Bertz CT molecular complexity index is 520. The number of aliphatic carboxylic acids is 4. The van der Waals surface area contributed by atoms with Gasteiger partial charge in [0.2, 0.25) is 0 Å². The van der Waals surface area contributed by atoms with Crippen molar-refractivity contribution in [3.63, 3.8) is 0 Å². The number of carboxylic acids is 4. The number of aliphatic hydroxyl groups is 3. The summed E-state index contributed by atoms with van der Waals surface area (Å²) in [4.78, 5) is 61.3. The fourth-order valence-electron chi connectivity index (χ4n) is 0.985. The Morgan fingerprint density at radius 1 is 0.577 bits per heavy atom. The van der Waals surface area contributed by atoms with Crippen LogP contribution in [-0.4, -0.2) is 89.9 Å². The van der Waals surface area contributed by atoms with Gasteiger partial charge in [-0.3, -0.25) is 14.4 Å². The summed E-state index contributed by atoms with van der Waals surface area (Å²) in [7, 11) is 0. The third-order valence-corrected chi connectivity index (χ3v) is 2.13. The Kier molecular flexibility index (Phi) is 11.9. The molecular formula is C12H16O14. The van der Waals surface area contributed by atoms with E-state index in [1.165, 1.54) is 0 Å². The molecule has 0 bridgehead atoms. The zero-order chi connectivity index (χ0) is 21.0. The molecule has 0 aliphatic carbocycles. The van der Waals surface area contributed by atoms with E-state index in [0.29, 0.717) is 0 Å². The number of carbonyl (C=O) groups is 6. The quantitative estimate of drug-likeness (QED) is 0.151. The van der Waals surface area contributed by atoms with Gasteiger partial charge in [-0.15, -0.1) is 0 Å². The molecule has 0 aliphatic rings. The number of carbonyl (C=O) groups excluding carboxylic acids is 2. The summed E-state index contributed by atoms with van der Waals surface area (Å²) in [6.07, 6.45) is -8.61. The van der Waals surface area contributed by atoms with Gasteiger partial charge >= 0.3 is 35.8 Å². The second-order valence-electron chi connectivity index (χ2n) is 4.42. The summed E-state index contributed by atoms with van der Waals surface area (Å²) < 4.78 is 3.87. The van der Waals surface area contributed by atoms with Crippen LogP contribution >= 0.6 is 0 Å². The Morgan fingerprint density at radius 3 is 1.04 bits per heavy atom. The highest BCUT2D eigenvalue weighted by molar-refractivity contribution is 5.92. The number of carboxylic acid groups (broad SMARTS) is 4. The second-order valence-corrected chi connectivity index (χ2v) is 4.42. The molecule has 14 heteroatoms. The SMILES string of the molecule is O=C(O)CC(O)C(=O)O.O=C(O)CC(O)C(=O)OC(=O)C(O)CC(=O)O. The number of aliphatic hydroxyl groups excluding tert-OH is 3.